The Kier molecular flexibility index (Phi) is 17.1. The molecular formula is C63H42Cl3F9N6O3S. The van der Waals surface area contributed by atoms with Gasteiger partial charge < -0.3 is 28.5 Å². The summed E-state index contributed by atoms with van der Waals surface area (Å²) in [7, 11) is 0. The topological polar surface area (TPSA) is 122 Å². The zero-order valence-electron chi connectivity index (χ0n) is 44.3. The molecule has 6 heterocycles. The average Bonchev–Trinajstić information content (AvgIpc) is 4.56. The second-order valence-electron chi connectivity index (χ2n) is 18.9. The fourth-order valence-corrected chi connectivity index (χ4v) is 10.1. The number of aromatic nitrogens is 6. The van der Waals surface area contributed by atoms with E-state index in [1.165, 1.54) is 47.7 Å². The van der Waals surface area contributed by atoms with Crippen LogP contribution in [-0.4, -0.2) is 36.3 Å². The van der Waals surface area contributed by atoms with Crippen molar-refractivity contribution in [3.8, 4) is 106 Å². The minimum absolute atomic E-state index is 0.155. The van der Waals surface area contributed by atoms with Gasteiger partial charge in [0.2, 0.25) is 0 Å². The number of alkyl halides is 9. The molecule has 6 aromatic carbocycles. The molecule has 0 radical (unpaired) electrons. The first kappa shape index (κ1) is 59.4. The predicted molar refractivity (Wildman–Crippen MR) is 313 cm³/mol. The Hall–Kier alpha value is -8.75. The van der Waals surface area contributed by atoms with E-state index < -0.39 is 35.6 Å². The predicted octanol–water partition coefficient (Wildman–Crippen LogP) is 21.3. The number of halogens is 12. The van der Waals surface area contributed by atoms with Gasteiger partial charge in [0, 0.05) is 59.8 Å². The third kappa shape index (κ3) is 14.3. The van der Waals surface area contributed by atoms with Crippen LogP contribution >= 0.6 is 46.1 Å². The fraction of sp³-hybridized carbons (Fsp3) is 0.0952. The maximum atomic E-state index is 12.7. The lowest BCUT2D eigenvalue weighted by Crippen LogP contribution is -2.17. The SMILES string of the molecule is Cc1[nH]c(-c2ccc(-c3ccc(C(F)(F)F)cc3)o2)nc1-c1ccc(Cl)cc1.Cc1[nH]c(-c2ccc(-c3ccc(C(F)(F)F)cc3)s2)nc1-c1ccccc1.Cc1[nH]c(-c2ccc(-c3ccc(Cl)c(OC(F)(F)F)c3)o2)nc1-c1ccc(Cl)cc1. The summed E-state index contributed by atoms with van der Waals surface area (Å²) in [5.41, 5.74) is 8.28. The van der Waals surface area contributed by atoms with E-state index in [2.05, 4.69) is 29.7 Å². The maximum absolute atomic E-state index is 12.7. The van der Waals surface area contributed by atoms with Crippen LogP contribution in [0, 0.1) is 20.8 Å². The monoisotopic (exact) mass is 1240 g/mol. The molecule has 0 fully saturated rings. The highest BCUT2D eigenvalue weighted by Gasteiger charge is 2.33. The summed E-state index contributed by atoms with van der Waals surface area (Å²) in [6, 6.07) is 49.2. The molecule has 12 rings (SSSR count). The van der Waals surface area contributed by atoms with Crippen LogP contribution in [0.1, 0.15) is 28.2 Å². The lowest BCUT2D eigenvalue weighted by Gasteiger charge is -2.11. The molecule has 0 bridgehead atoms. The molecule has 0 saturated carbocycles. The summed E-state index contributed by atoms with van der Waals surface area (Å²) in [5, 5.41) is 1.11. The number of hydrogen-bond donors (Lipinski definition) is 3. The molecule has 22 heteroatoms. The summed E-state index contributed by atoms with van der Waals surface area (Å²) in [6.45, 7) is 5.76. The lowest BCUT2D eigenvalue weighted by atomic mass is 10.1. The zero-order valence-corrected chi connectivity index (χ0v) is 47.4. The Balaban J connectivity index is 0.000000142. The highest BCUT2D eigenvalue weighted by atomic mass is 35.5. The molecule has 0 aliphatic carbocycles. The van der Waals surface area contributed by atoms with Gasteiger partial charge in [-0.15, -0.1) is 24.5 Å². The Labute approximate surface area is 497 Å². The molecule has 85 heavy (non-hydrogen) atoms. The van der Waals surface area contributed by atoms with Gasteiger partial charge in [-0.3, -0.25) is 0 Å². The van der Waals surface area contributed by atoms with Crippen LogP contribution in [0.3, 0.4) is 0 Å². The minimum atomic E-state index is -4.85. The van der Waals surface area contributed by atoms with Gasteiger partial charge in [0.15, 0.2) is 23.2 Å². The van der Waals surface area contributed by atoms with Crippen LogP contribution < -0.4 is 4.74 Å². The molecule has 0 saturated heterocycles. The minimum Gasteiger partial charge on any atom is -0.453 e. The zero-order chi connectivity index (χ0) is 60.4. The van der Waals surface area contributed by atoms with Crippen molar-refractivity contribution in [2.45, 2.75) is 39.5 Å². The molecule has 0 atom stereocenters. The highest BCUT2D eigenvalue weighted by Crippen LogP contribution is 2.40. The number of H-pyrrole nitrogens is 3. The second kappa shape index (κ2) is 24.5. The first-order valence-corrected chi connectivity index (χ1v) is 27.4. The Bertz CT molecular complexity index is 4240. The third-order valence-corrected chi connectivity index (χ3v) is 14.8. The summed E-state index contributed by atoms with van der Waals surface area (Å²) in [4.78, 5) is 25.4. The second-order valence-corrected chi connectivity index (χ2v) is 21.3. The summed E-state index contributed by atoms with van der Waals surface area (Å²) in [5.74, 6) is 3.03. The van der Waals surface area contributed by atoms with E-state index in [1.807, 2.05) is 87.5 Å². The molecule has 6 aromatic heterocycles. The van der Waals surface area contributed by atoms with Gasteiger partial charge >= 0.3 is 18.7 Å². The molecule has 3 N–H and O–H groups in total. The molecule has 0 aliphatic heterocycles. The van der Waals surface area contributed by atoms with E-state index in [0.717, 1.165) is 96.3 Å². The first-order chi connectivity index (χ1) is 40.4. The molecule has 432 valence electrons. The van der Waals surface area contributed by atoms with Crippen LogP contribution in [0.2, 0.25) is 15.1 Å². The maximum Gasteiger partial charge on any atom is 0.573 e. The van der Waals surface area contributed by atoms with Crippen LogP contribution in [0.4, 0.5) is 39.5 Å². The van der Waals surface area contributed by atoms with E-state index in [9.17, 15) is 39.5 Å². The molecule has 0 spiro atoms. The number of imidazole rings is 3. The van der Waals surface area contributed by atoms with Gasteiger partial charge in [-0.05, 0) is 129 Å². The summed E-state index contributed by atoms with van der Waals surface area (Å²) >= 11 is 19.2. The van der Waals surface area contributed by atoms with Crippen molar-refractivity contribution < 1.29 is 53.1 Å². The van der Waals surface area contributed by atoms with Gasteiger partial charge in [0.1, 0.15) is 23.1 Å². The smallest absolute Gasteiger partial charge is 0.453 e. The largest absolute Gasteiger partial charge is 0.573 e. The van der Waals surface area contributed by atoms with Gasteiger partial charge in [-0.1, -0.05) is 114 Å². The van der Waals surface area contributed by atoms with Crippen molar-refractivity contribution in [2.75, 3.05) is 0 Å². The molecule has 0 aliphatic rings. The quantitative estimate of drug-likeness (QED) is 0.117. The fourth-order valence-electron chi connectivity index (χ4n) is 8.75. The normalized spacial score (nSPS) is 11.7. The molecule has 0 unspecified atom stereocenters. The number of aryl methyl sites for hydroxylation is 3. The van der Waals surface area contributed by atoms with E-state index in [1.54, 1.807) is 54.6 Å². The van der Waals surface area contributed by atoms with Crippen molar-refractivity contribution in [2.24, 2.45) is 0 Å². The van der Waals surface area contributed by atoms with Crippen LogP contribution in [0.15, 0.2) is 191 Å². The van der Waals surface area contributed by atoms with Gasteiger partial charge in [0.05, 0.1) is 38.1 Å². The Morgan fingerprint density at radius 2 is 0.788 bits per heavy atom. The van der Waals surface area contributed by atoms with Crippen LogP contribution in [0.5, 0.6) is 5.75 Å². The van der Waals surface area contributed by atoms with Crippen molar-refractivity contribution in [3.05, 3.63) is 225 Å². The lowest BCUT2D eigenvalue weighted by molar-refractivity contribution is -0.274. The van der Waals surface area contributed by atoms with Gasteiger partial charge in [-0.2, -0.15) is 26.3 Å². The average molecular weight is 1240 g/mol. The Morgan fingerprint density at radius 3 is 1.26 bits per heavy atom. The van der Waals surface area contributed by atoms with Crippen LogP contribution in [-0.2, 0) is 12.4 Å². The van der Waals surface area contributed by atoms with E-state index >= 15 is 0 Å². The van der Waals surface area contributed by atoms with Gasteiger partial charge in [0.25, 0.3) is 0 Å². The van der Waals surface area contributed by atoms with E-state index in [-0.39, 0.29) is 5.02 Å². The molecular weight excluding hydrogens is 1200 g/mol. The number of ether oxygens (including phenoxy) is 1. The Morgan fingerprint density at radius 1 is 0.400 bits per heavy atom. The van der Waals surface area contributed by atoms with Gasteiger partial charge in [-0.25, -0.2) is 15.0 Å². The van der Waals surface area contributed by atoms with Crippen molar-refractivity contribution >= 4 is 46.1 Å². The van der Waals surface area contributed by atoms with Crippen molar-refractivity contribution in [3.63, 3.8) is 0 Å². The van der Waals surface area contributed by atoms with Crippen molar-refractivity contribution in [1.82, 2.24) is 29.9 Å². The molecule has 12 aromatic rings. The molecule has 0 amide bonds. The van der Waals surface area contributed by atoms with Crippen LogP contribution in [0.25, 0.3) is 101 Å². The van der Waals surface area contributed by atoms with E-state index in [4.69, 9.17) is 48.6 Å². The number of hydrogen-bond acceptors (Lipinski definition) is 7. The summed E-state index contributed by atoms with van der Waals surface area (Å²) in [6.07, 6.45) is -13.5. The number of furan rings is 2. The number of benzene rings is 6. The summed E-state index contributed by atoms with van der Waals surface area (Å²) < 4.78 is 130. The first-order valence-electron chi connectivity index (χ1n) is 25.4. The third-order valence-electron chi connectivity index (χ3n) is 12.9. The number of nitrogens with one attached hydrogen (secondary N) is 3. The van der Waals surface area contributed by atoms with E-state index in [0.29, 0.717) is 55.9 Å². The number of rotatable bonds is 10. The number of aromatic amines is 3. The highest BCUT2D eigenvalue weighted by molar-refractivity contribution is 7.18. The van der Waals surface area contributed by atoms with Crippen molar-refractivity contribution in [1.29, 1.82) is 0 Å². The standard InChI is InChI=1S/C21H13Cl2F3N2O2.C21H14ClF3N2O.C21H15F3N2S/c1-11-19(12-2-5-14(22)6-3-12)28-20(27-11)17-9-8-16(29-17)13-4-7-15(23)18(10-13)30-21(24,25)26;1-12-19(14-4-8-16(22)9-5-14)27-20(26-12)18-11-10-17(28-18)13-2-6-15(7-3-13)21(23,24)25;1-13-19(15-5-3-2-4-6-15)26-20(25-13)18-12-11-17(27-18)14-7-9-16(10-8-14)21(22,23)24/h2-10H,1H3,(H,27,28);2-11H,1H3,(H,26,27);2-12H,1H3,(H,25,26). The molecule has 9 nitrogen and oxygen atoms in total. The number of nitrogens with zero attached hydrogens (tertiary/aromatic N) is 3. The number of thiophene rings is 1.